The molecule has 0 N–H and O–H groups in total. The third-order valence-electron chi connectivity index (χ3n) is 3.97. The van der Waals surface area contributed by atoms with Crippen LogP contribution >= 0.6 is 0 Å². The van der Waals surface area contributed by atoms with Gasteiger partial charge in [0.05, 0.1) is 7.11 Å². The summed E-state index contributed by atoms with van der Waals surface area (Å²) in [7, 11) is 3.51. The summed E-state index contributed by atoms with van der Waals surface area (Å²) in [4.78, 5) is 13.5. The quantitative estimate of drug-likeness (QED) is 0.792. The number of nitrogens with zero attached hydrogens (tertiary/aromatic N) is 1. The van der Waals surface area contributed by atoms with Crippen molar-refractivity contribution >= 4 is 6.16 Å². The first-order valence-corrected chi connectivity index (χ1v) is 7.18. The Morgan fingerprint density at radius 1 is 1.20 bits per heavy atom. The molecule has 4 nitrogen and oxygen atoms in total. The highest BCUT2D eigenvalue weighted by Crippen LogP contribution is 2.25. The smallest absolute Gasteiger partial charge is 0.438 e. The van der Waals surface area contributed by atoms with E-state index in [1.165, 1.54) is 12.7 Å². The van der Waals surface area contributed by atoms with E-state index in [4.69, 9.17) is 4.74 Å². The lowest BCUT2D eigenvalue weighted by Crippen LogP contribution is -2.37. The van der Waals surface area contributed by atoms with Gasteiger partial charge in [-0.1, -0.05) is 30.3 Å². The molecule has 1 aliphatic rings. The number of ether oxygens (including phenoxy) is 2. The van der Waals surface area contributed by atoms with Crippen molar-refractivity contribution in [3.8, 4) is 0 Å². The minimum atomic E-state index is -0.564. The summed E-state index contributed by atoms with van der Waals surface area (Å²) in [6, 6.07) is 11.1. The molecule has 0 bridgehead atoms. The molecule has 20 heavy (non-hydrogen) atoms. The predicted molar refractivity (Wildman–Crippen MR) is 77.4 cm³/mol. The highest BCUT2D eigenvalue weighted by molar-refractivity contribution is 5.59. The molecule has 1 aromatic rings. The summed E-state index contributed by atoms with van der Waals surface area (Å²) in [6.45, 7) is 0.966. The van der Waals surface area contributed by atoms with Crippen molar-refractivity contribution in [2.45, 2.75) is 44.4 Å². The van der Waals surface area contributed by atoms with Gasteiger partial charge in [-0.15, -0.1) is 0 Å². The average Bonchev–Trinajstić information content (AvgIpc) is 2.49. The van der Waals surface area contributed by atoms with E-state index in [0.29, 0.717) is 6.04 Å². The predicted octanol–water partition coefficient (Wildman–Crippen LogP) is 3.21. The lowest BCUT2D eigenvalue weighted by Gasteiger charge is -2.34. The molecule has 0 atom stereocenters. The van der Waals surface area contributed by atoms with E-state index in [1.807, 2.05) is 6.07 Å². The van der Waals surface area contributed by atoms with Gasteiger partial charge in [-0.25, -0.2) is 4.79 Å². The largest absolute Gasteiger partial charge is 0.508 e. The van der Waals surface area contributed by atoms with Crippen molar-refractivity contribution in [1.82, 2.24) is 4.90 Å². The van der Waals surface area contributed by atoms with Crippen LogP contribution in [0.5, 0.6) is 0 Å². The Labute approximate surface area is 120 Å². The zero-order chi connectivity index (χ0) is 14.4. The van der Waals surface area contributed by atoms with E-state index < -0.39 is 6.16 Å². The van der Waals surface area contributed by atoms with Gasteiger partial charge in [-0.3, -0.25) is 4.90 Å². The van der Waals surface area contributed by atoms with Gasteiger partial charge in [-0.2, -0.15) is 0 Å². The zero-order valence-corrected chi connectivity index (χ0v) is 12.2. The average molecular weight is 277 g/mol. The summed E-state index contributed by atoms with van der Waals surface area (Å²) in [5, 5.41) is 0. The second-order valence-corrected chi connectivity index (χ2v) is 5.40. The molecule has 0 spiro atoms. The summed E-state index contributed by atoms with van der Waals surface area (Å²) in [5.74, 6) is 0. The summed E-state index contributed by atoms with van der Waals surface area (Å²) in [6.07, 6.45) is 3.41. The van der Waals surface area contributed by atoms with Crippen molar-refractivity contribution in [2.75, 3.05) is 14.2 Å². The maximum absolute atomic E-state index is 11.1. The van der Waals surface area contributed by atoms with Crippen LogP contribution in [0.3, 0.4) is 0 Å². The standard InChI is InChI=1S/C16H23NO3/c1-17(12-13-6-4-3-5-7-13)14-8-10-15(11-9-14)20-16(18)19-2/h3-7,14-15H,8-12H2,1-2H3. The Bertz CT molecular complexity index is 413. The number of carbonyl (C=O) groups is 1. The molecule has 0 heterocycles. The Kier molecular flexibility index (Phi) is 5.41. The molecule has 1 fully saturated rings. The molecule has 0 unspecified atom stereocenters. The Morgan fingerprint density at radius 2 is 1.85 bits per heavy atom. The third-order valence-corrected chi connectivity index (χ3v) is 3.97. The van der Waals surface area contributed by atoms with Gasteiger partial charge in [0.25, 0.3) is 0 Å². The van der Waals surface area contributed by atoms with Crippen LogP contribution in [-0.2, 0) is 16.0 Å². The fourth-order valence-corrected chi connectivity index (χ4v) is 2.79. The summed E-state index contributed by atoms with van der Waals surface area (Å²) in [5.41, 5.74) is 1.34. The maximum atomic E-state index is 11.1. The number of hydrogen-bond donors (Lipinski definition) is 0. The normalized spacial score (nSPS) is 22.6. The Hall–Kier alpha value is -1.55. The molecule has 0 saturated heterocycles. The lowest BCUT2D eigenvalue weighted by molar-refractivity contribution is 0.0110. The van der Waals surface area contributed by atoms with Crippen LogP contribution in [-0.4, -0.2) is 37.4 Å². The second-order valence-electron chi connectivity index (χ2n) is 5.40. The molecule has 110 valence electrons. The number of hydrogen-bond acceptors (Lipinski definition) is 4. The summed E-state index contributed by atoms with van der Waals surface area (Å²) >= 11 is 0. The number of carbonyl (C=O) groups excluding carboxylic acids is 1. The fraction of sp³-hybridized carbons (Fsp3) is 0.562. The lowest BCUT2D eigenvalue weighted by atomic mass is 9.92. The van der Waals surface area contributed by atoms with E-state index in [2.05, 4.69) is 40.9 Å². The molecule has 0 radical (unpaired) electrons. The van der Waals surface area contributed by atoms with Gasteiger partial charge >= 0.3 is 6.16 Å². The molecular weight excluding hydrogens is 254 g/mol. The monoisotopic (exact) mass is 277 g/mol. The SMILES string of the molecule is COC(=O)OC1CCC(N(C)Cc2ccccc2)CC1. The molecule has 0 aromatic heterocycles. The molecular formula is C16H23NO3. The third kappa shape index (κ3) is 4.23. The highest BCUT2D eigenvalue weighted by atomic mass is 16.7. The van der Waals surface area contributed by atoms with Crippen LogP contribution in [0.4, 0.5) is 4.79 Å². The number of benzene rings is 1. The van der Waals surface area contributed by atoms with Crippen molar-refractivity contribution in [3.63, 3.8) is 0 Å². The van der Waals surface area contributed by atoms with Crippen molar-refractivity contribution in [3.05, 3.63) is 35.9 Å². The van der Waals surface area contributed by atoms with Crippen LogP contribution in [0.15, 0.2) is 30.3 Å². The van der Waals surface area contributed by atoms with E-state index in [0.717, 1.165) is 32.2 Å². The van der Waals surface area contributed by atoms with Crippen LogP contribution in [0.25, 0.3) is 0 Å². The summed E-state index contributed by atoms with van der Waals surface area (Å²) < 4.78 is 9.74. The molecule has 0 aliphatic heterocycles. The van der Waals surface area contributed by atoms with Gasteiger partial charge in [-0.05, 0) is 38.3 Å². The van der Waals surface area contributed by atoms with Crippen molar-refractivity contribution in [1.29, 1.82) is 0 Å². The van der Waals surface area contributed by atoms with Crippen LogP contribution in [0.2, 0.25) is 0 Å². The molecule has 1 aromatic carbocycles. The van der Waals surface area contributed by atoms with Crippen LogP contribution < -0.4 is 0 Å². The Morgan fingerprint density at radius 3 is 2.45 bits per heavy atom. The van der Waals surface area contributed by atoms with Gasteiger partial charge in [0.2, 0.25) is 0 Å². The van der Waals surface area contributed by atoms with Gasteiger partial charge in [0.15, 0.2) is 0 Å². The van der Waals surface area contributed by atoms with Crippen LogP contribution in [0, 0.1) is 0 Å². The van der Waals surface area contributed by atoms with Gasteiger partial charge < -0.3 is 9.47 Å². The first-order chi connectivity index (χ1) is 9.69. The van der Waals surface area contributed by atoms with Crippen molar-refractivity contribution < 1.29 is 14.3 Å². The first kappa shape index (κ1) is 14.9. The van der Waals surface area contributed by atoms with Crippen molar-refractivity contribution in [2.24, 2.45) is 0 Å². The number of methoxy groups -OCH3 is 1. The first-order valence-electron chi connectivity index (χ1n) is 7.18. The van der Waals surface area contributed by atoms with Crippen LogP contribution in [0.1, 0.15) is 31.2 Å². The van der Waals surface area contributed by atoms with E-state index in [1.54, 1.807) is 0 Å². The van der Waals surface area contributed by atoms with Gasteiger partial charge in [0, 0.05) is 12.6 Å². The highest BCUT2D eigenvalue weighted by Gasteiger charge is 2.26. The molecule has 2 rings (SSSR count). The van der Waals surface area contributed by atoms with Gasteiger partial charge in [0.1, 0.15) is 6.10 Å². The fourth-order valence-electron chi connectivity index (χ4n) is 2.79. The molecule has 4 heteroatoms. The topological polar surface area (TPSA) is 38.8 Å². The minimum absolute atomic E-state index is 0.0174. The number of rotatable bonds is 4. The van der Waals surface area contributed by atoms with E-state index in [-0.39, 0.29) is 6.10 Å². The zero-order valence-electron chi connectivity index (χ0n) is 12.2. The molecule has 1 saturated carbocycles. The minimum Gasteiger partial charge on any atom is -0.438 e. The maximum Gasteiger partial charge on any atom is 0.508 e. The Balaban J connectivity index is 1.77. The molecule has 1 aliphatic carbocycles. The molecule has 0 amide bonds. The second kappa shape index (κ2) is 7.29. The van der Waals surface area contributed by atoms with E-state index >= 15 is 0 Å². The van der Waals surface area contributed by atoms with E-state index in [9.17, 15) is 4.79 Å².